The molecule has 1 aliphatic heterocycles. The van der Waals surface area contributed by atoms with Crippen LogP contribution in [0.25, 0.3) is 0 Å². The van der Waals surface area contributed by atoms with Crippen LogP contribution in [0, 0.1) is 13.8 Å². The minimum absolute atomic E-state index is 0.0465. The Bertz CT molecular complexity index is 1220. The van der Waals surface area contributed by atoms with Gasteiger partial charge >= 0.3 is 0 Å². The van der Waals surface area contributed by atoms with Gasteiger partial charge in [0, 0.05) is 36.0 Å². The highest BCUT2D eigenvalue weighted by atomic mass is 35.5. The molecule has 1 unspecified atom stereocenters. The molecule has 0 spiro atoms. The summed E-state index contributed by atoms with van der Waals surface area (Å²) in [6.45, 7) is 4.98. The Hall–Kier alpha value is -2.68. The second-order valence-electron chi connectivity index (χ2n) is 8.19. The smallest absolute Gasteiger partial charge is 0.227 e. The molecular weight excluding hydrogens is 495 g/mol. The lowest BCUT2D eigenvalue weighted by Gasteiger charge is -2.17. The monoisotopic (exact) mass is 518 g/mol. The molecule has 4 rings (SSSR count). The van der Waals surface area contributed by atoms with Gasteiger partial charge in [-0.3, -0.25) is 9.59 Å². The highest BCUT2D eigenvalue weighted by molar-refractivity contribution is 7.15. The predicted molar refractivity (Wildman–Crippen MR) is 135 cm³/mol. The van der Waals surface area contributed by atoms with Crippen LogP contribution < -0.4 is 15.0 Å². The van der Waals surface area contributed by atoms with Gasteiger partial charge in [0.1, 0.15) is 10.8 Å². The minimum Gasteiger partial charge on any atom is -0.492 e. The van der Waals surface area contributed by atoms with Crippen molar-refractivity contribution in [3.63, 3.8) is 0 Å². The molecule has 1 saturated heterocycles. The van der Waals surface area contributed by atoms with Crippen molar-refractivity contribution >= 4 is 57.2 Å². The van der Waals surface area contributed by atoms with E-state index >= 15 is 0 Å². The SMILES string of the molecule is Cc1ccc(N2CC(c3nnc(NC(=O)CCCOc4ccc(Cl)cc4Cl)s3)CC2=O)cc1C. The maximum absolute atomic E-state index is 12.6. The molecule has 178 valence electrons. The summed E-state index contributed by atoms with van der Waals surface area (Å²) in [5, 5.41) is 13.2. The van der Waals surface area contributed by atoms with Gasteiger partial charge in [0.25, 0.3) is 0 Å². The van der Waals surface area contributed by atoms with Crippen LogP contribution in [-0.2, 0) is 9.59 Å². The van der Waals surface area contributed by atoms with E-state index in [1.807, 2.05) is 32.0 Å². The van der Waals surface area contributed by atoms with Crippen molar-refractivity contribution in [1.82, 2.24) is 10.2 Å². The van der Waals surface area contributed by atoms with Gasteiger partial charge in [0.15, 0.2) is 0 Å². The number of carbonyl (C=O) groups is 2. The van der Waals surface area contributed by atoms with Crippen molar-refractivity contribution in [2.24, 2.45) is 0 Å². The van der Waals surface area contributed by atoms with Crippen molar-refractivity contribution in [3.05, 3.63) is 62.6 Å². The van der Waals surface area contributed by atoms with Gasteiger partial charge in [-0.05, 0) is 61.7 Å². The summed E-state index contributed by atoms with van der Waals surface area (Å²) in [5.74, 6) is 0.374. The summed E-state index contributed by atoms with van der Waals surface area (Å²) < 4.78 is 5.60. The van der Waals surface area contributed by atoms with Crippen LogP contribution in [0.1, 0.15) is 41.3 Å². The molecule has 1 aromatic heterocycles. The van der Waals surface area contributed by atoms with Crippen LogP contribution >= 0.6 is 34.5 Å². The Balaban J connectivity index is 1.26. The van der Waals surface area contributed by atoms with Gasteiger partial charge in [0.05, 0.1) is 11.6 Å². The van der Waals surface area contributed by atoms with Crippen LogP contribution in [0.3, 0.4) is 0 Å². The summed E-state index contributed by atoms with van der Waals surface area (Å²) in [5.41, 5.74) is 3.24. The fourth-order valence-electron chi connectivity index (χ4n) is 3.65. The summed E-state index contributed by atoms with van der Waals surface area (Å²) in [4.78, 5) is 26.7. The lowest BCUT2D eigenvalue weighted by Crippen LogP contribution is -2.24. The third kappa shape index (κ3) is 5.87. The highest BCUT2D eigenvalue weighted by Gasteiger charge is 2.34. The standard InChI is InChI=1S/C24H24Cl2N4O3S/c1-14-5-7-18(10-15(14)2)30-13-16(11-22(30)32)23-28-29-24(34-23)27-21(31)4-3-9-33-20-8-6-17(25)12-19(20)26/h5-8,10,12,16H,3-4,9,11,13H2,1-2H3,(H,27,29,31). The van der Waals surface area contributed by atoms with Crippen molar-refractivity contribution in [1.29, 1.82) is 0 Å². The van der Waals surface area contributed by atoms with Crippen LogP contribution in [0.5, 0.6) is 5.75 Å². The van der Waals surface area contributed by atoms with Gasteiger partial charge in [0.2, 0.25) is 16.9 Å². The first kappa shape index (κ1) is 24.4. The van der Waals surface area contributed by atoms with Crippen molar-refractivity contribution < 1.29 is 14.3 Å². The van der Waals surface area contributed by atoms with E-state index in [0.717, 1.165) is 16.3 Å². The maximum Gasteiger partial charge on any atom is 0.227 e. The summed E-state index contributed by atoms with van der Waals surface area (Å²) in [6, 6.07) is 11.0. The first-order valence-corrected chi connectivity index (χ1v) is 12.5. The van der Waals surface area contributed by atoms with E-state index in [9.17, 15) is 9.59 Å². The molecule has 2 heterocycles. The van der Waals surface area contributed by atoms with Gasteiger partial charge in [-0.1, -0.05) is 40.6 Å². The van der Waals surface area contributed by atoms with Gasteiger partial charge in [-0.2, -0.15) is 0 Å². The maximum atomic E-state index is 12.6. The van der Waals surface area contributed by atoms with E-state index in [0.29, 0.717) is 46.9 Å². The fraction of sp³-hybridized carbons (Fsp3) is 0.333. The third-order valence-corrected chi connectivity index (χ3v) is 7.19. The van der Waals surface area contributed by atoms with E-state index < -0.39 is 0 Å². The molecule has 1 aliphatic rings. The van der Waals surface area contributed by atoms with Crippen LogP contribution in [-0.4, -0.2) is 35.2 Å². The van der Waals surface area contributed by atoms with E-state index in [4.69, 9.17) is 27.9 Å². The van der Waals surface area contributed by atoms with E-state index in [1.54, 1.807) is 23.1 Å². The number of nitrogens with one attached hydrogen (secondary N) is 1. The van der Waals surface area contributed by atoms with E-state index in [-0.39, 0.29) is 24.2 Å². The third-order valence-electron chi connectivity index (χ3n) is 5.66. The van der Waals surface area contributed by atoms with E-state index in [2.05, 4.69) is 15.5 Å². The van der Waals surface area contributed by atoms with Crippen LogP contribution in [0.15, 0.2) is 36.4 Å². The number of rotatable bonds is 8. The number of halogens is 2. The average Bonchev–Trinajstić information content (AvgIpc) is 3.41. The molecule has 1 fully saturated rings. The normalized spacial score (nSPS) is 15.6. The highest BCUT2D eigenvalue weighted by Crippen LogP contribution is 2.35. The molecule has 1 N–H and O–H groups in total. The number of amides is 2. The molecule has 10 heteroatoms. The van der Waals surface area contributed by atoms with Crippen molar-refractivity contribution in [2.45, 2.75) is 39.0 Å². The summed E-state index contributed by atoms with van der Waals surface area (Å²) in [6.07, 6.45) is 1.15. The number of nitrogens with zero attached hydrogens (tertiary/aromatic N) is 3. The van der Waals surface area contributed by atoms with Crippen LogP contribution in [0.2, 0.25) is 10.0 Å². The molecule has 0 radical (unpaired) electrons. The number of ether oxygens (including phenoxy) is 1. The number of carbonyl (C=O) groups excluding carboxylic acids is 2. The molecule has 2 aromatic carbocycles. The lowest BCUT2D eigenvalue weighted by atomic mass is 10.1. The zero-order valence-corrected chi connectivity index (χ0v) is 21.1. The molecule has 34 heavy (non-hydrogen) atoms. The molecule has 2 amide bonds. The van der Waals surface area contributed by atoms with Crippen LogP contribution in [0.4, 0.5) is 10.8 Å². The molecule has 0 aliphatic carbocycles. The number of anilines is 2. The Kier molecular flexibility index (Phi) is 7.70. The van der Waals surface area contributed by atoms with Crippen molar-refractivity contribution in [3.8, 4) is 5.75 Å². The quantitative estimate of drug-likeness (QED) is 0.382. The van der Waals surface area contributed by atoms with Crippen molar-refractivity contribution in [2.75, 3.05) is 23.4 Å². The van der Waals surface area contributed by atoms with Gasteiger partial charge < -0.3 is 15.0 Å². The minimum atomic E-state index is -0.173. The number of benzene rings is 2. The Labute approximate surface area is 212 Å². The number of hydrogen-bond acceptors (Lipinski definition) is 6. The van der Waals surface area contributed by atoms with Gasteiger partial charge in [-0.15, -0.1) is 10.2 Å². The summed E-state index contributed by atoms with van der Waals surface area (Å²) in [7, 11) is 0. The fourth-order valence-corrected chi connectivity index (χ4v) is 4.97. The van der Waals surface area contributed by atoms with E-state index in [1.165, 1.54) is 16.9 Å². The second-order valence-corrected chi connectivity index (χ2v) is 10.0. The number of hydrogen-bond donors (Lipinski definition) is 1. The number of aromatic nitrogens is 2. The Morgan fingerprint density at radius 3 is 2.76 bits per heavy atom. The second kappa shape index (κ2) is 10.7. The largest absolute Gasteiger partial charge is 0.492 e. The zero-order chi connectivity index (χ0) is 24.2. The first-order chi connectivity index (χ1) is 16.3. The zero-order valence-electron chi connectivity index (χ0n) is 18.8. The van der Waals surface area contributed by atoms with Gasteiger partial charge in [-0.25, -0.2) is 0 Å². The first-order valence-electron chi connectivity index (χ1n) is 10.9. The molecule has 1 atom stereocenters. The molecule has 3 aromatic rings. The summed E-state index contributed by atoms with van der Waals surface area (Å²) >= 11 is 13.3. The Morgan fingerprint density at radius 1 is 1.18 bits per heavy atom. The number of aryl methyl sites for hydroxylation is 2. The predicted octanol–water partition coefficient (Wildman–Crippen LogP) is 5.78. The molecule has 0 saturated carbocycles. The molecule has 0 bridgehead atoms. The molecular formula is C24H24Cl2N4O3S. The average molecular weight is 519 g/mol. The lowest BCUT2D eigenvalue weighted by molar-refractivity contribution is -0.117. The topological polar surface area (TPSA) is 84.4 Å². The Morgan fingerprint density at radius 2 is 2.00 bits per heavy atom. The molecule has 7 nitrogen and oxygen atoms in total.